The summed E-state index contributed by atoms with van der Waals surface area (Å²) >= 11 is 0. The van der Waals surface area contributed by atoms with Crippen molar-refractivity contribution in [1.82, 2.24) is 10.1 Å². The van der Waals surface area contributed by atoms with Crippen LogP contribution in [0.1, 0.15) is 47.9 Å². The summed E-state index contributed by atoms with van der Waals surface area (Å²) < 4.78 is 5.17. The molecular formula is C14H18N2O2. The summed E-state index contributed by atoms with van der Waals surface area (Å²) in [6.45, 7) is 6.00. The summed E-state index contributed by atoms with van der Waals surface area (Å²) in [6, 6.07) is 6.29. The monoisotopic (exact) mass is 246 g/mol. The van der Waals surface area contributed by atoms with Gasteiger partial charge in [0.25, 0.3) is 0 Å². The molecule has 0 fully saturated rings. The first kappa shape index (κ1) is 12.8. The number of hydrogen-bond acceptors (Lipinski definition) is 4. The van der Waals surface area contributed by atoms with Crippen LogP contribution in [0.25, 0.3) is 0 Å². The molecule has 1 atom stereocenters. The standard InChI is InChI=1S/C14H18N2O2/c1-4-12(17)14-15-13(18-16-14)8-11-7-9(2)5-6-10(11)3/h5-7,12,17H,4,8H2,1-3H3. The van der Waals surface area contributed by atoms with E-state index in [-0.39, 0.29) is 0 Å². The molecule has 0 aliphatic rings. The van der Waals surface area contributed by atoms with Crippen molar-refractivity contribution in [3.05, 3.63) is 46.6 Å². The number of nitrogens with zero attached hydrogens (tertiary/aromatic N) is 2. The highest BCUT2D eigenvalue weighted by Gasteiger charge is 2.14. The van der Waals surface area contributed by atoms with Crippen molar-refractivity contribution >= 4 is 0 Å². The Morgan fingerprint density at radius 2 is 2.11 bits per heavy atom. The quantitative estimate of drug-likeness (QED) is 0.901. The maximum absolute atomic E-state index is 9.62. The molecule has 96 valence electrons. The van der Waals surface area contributed by atoms with Gasteiger partial charge in [-0.15, -0.1) is 0 Å². The molecule has 0 spiro atoms. The minimum Gasteiger partial charge on any atom is -0.385 e. The lowest BCUT2D eigenvalue weighted by Gasteiger charge is -2.03. The second kappa shape index (κ2) is 5.31. The summed E-state index contributed by atoms with van der Waals surface area (Å²) in [6.07, 6.45) is 0.556. The maximum Gasteiger partial charge on any atom is 0.231 e. The molecule has 0 aliphatic carbocycles. The van der Waals surface area contributed by atoms with Gasteiger partial charge in [0.05, 0.1) is 6.42 Å². The van der Waals surface area contributed by atoms with Gasteiger partial charge in [-0.3, -0.25) is 0 Å². The maximum atomic E-state index is 9.62. The predicted octanol–water partition coefficient (Wildman–Crippen LogP) is 2.72. The van der Waals surface area contributed by atoms with Gasteiger partial charge in [-0.25, -0.2) is 0 Å². The molecule has 1 N–H and O–H groups in total. The lowest BCUT2D eigenvalue weighted by Crippen LogP contribution is -1.98. The zero-order chi connectivity index (χ0) is 13.1. The van der Waals surface area contributed by atoms with Crippen molar-refractivity contribution in [2.75, 3.05) is 0 Å². The first-order valence-corrected chi connectivity index (χ1v) is 6.16. The molecule has 1 aromatic carbocycles. The zero-order valence-electron chi connectivity index (χ0n) is 11.0. The Morgan fingerprint density at radius 1 is 1.33 bits per heavy atom. The summed E-state index contributed by atoms with van der Waals surface area (Å²) in [7, 11) is 0. The van der Waals surface area contributed by atoms with Gasteiger partial charge in [-0.05, 0) is 31.4 Å². The Kier molecular flexibility index (Phi) is 3.77. The van der Waals surface area contributed by atoms with Gasteiger partial charge in [0.15, 0.2) is 5.82 Å². The van der Waals surface area contributed by atoms with Crippen molar-refractivity contribution < 1.29 is 9.63 Å². The van der Waals surface area contributed by atoms with E-state index in [4.69, 9.17) is 4.52 Å². The van der Waals surface area contributed by atoms with E-state index in [1.54, 1.807) is 0 Å². The Morgan fingerprint density at radius 3 is 2.83 bits per heavy atom. The van der Waals surface area contributed by atoms with Crippen LogP contribution in [0.3, 0.4) is 0 Å². The van der Waals surface area contributed by atoms with Crippen LogP contribution in [-0.2, 0) is 6.42 Å². The smallest absolute Gasteiger partial charge is 0.231 e. The number of aliphatic hydroxyl groups excluding tert-OH is 1. The van der Waals surface area contributed by atoms with E-state index >= 15 is 0 Å². The van der Waals surface area contributed by atoms with Crippen LogP contribution in [0.4, 0.5) is 0 Å². The molecule has 1 heterocycles. The van der Waals surface area contributed by atoms with Crippen molar-refractivity contribution in [1.29, 1.82) is 0 Å². The van der Waals surface area contributed by atoms with Gasteiger partial charge >= 0.3 is 0 Å². The highest BCUT2D eigenvalue weighted by atomic mass is 16.5. The molecule has 0 bridgehead atoms. The molecule has 0 radical (unpaired) electrons. The minimum absolute atomic E-state index is 0.373. The molecule has 0 amide bonds. The van der Waals surface area contributed by atoms with Gasteiger partial charge in [0, 0.05) is 0 Å². The zero-order valence-corrected chi connectivity index (χ0v) is 11.0. The Labute approximate surface area is 107 Å². The Hall–Kier alpha value is -1.68. The van der Waals surface area contributed by atoms with Crippen LogP contribution >= 0.6 is 0 Å². The van der Waals surface area contributed by atoms with Crippen molar-refractivity contribution in [3.8, 4) is 0 Å². The van der Waals surface area contributed by atoms with Crippen LogP contribution in [0.2, 0.25) is 0 Å². The molecule has 0 saturated heterocycles. The third-order valence-corrected chi connectivity index (χ3v) is 3.01. The molecular weight excluding hydrogens is 228 g/mol. The van der Waals surface area contributed by atoms with Crippen LogP contribution in [0.15, 0.2) is 22.7 Å². The third kappa shape index (κ3) is 2.76. The van der Waals surface area contributed by atoms with Crippen LogP contribution in [0.5, 0.6) is 0 Å². The molecule has 0 aliphatic heterocycles. The molecule has 2 aromatic rings. The fourth-order valence-corrected chi connectivity index (χ4v) is 1.81. The van der Waals surface area contributed by atoms with Crippen molar-refractivity contribution in [3.63, 3.8) is 0 Å². The van der Waals surface area contributed by atoms with E-state index in [1.165, 1.54) is 16.7 Å². The summed E-state index contributed by atoms with van der Waals surface area (Å²) in [4.78, 5) is 4.22. The van der Waals surface area contributed by atoms with E-state index < -0.39 is 6.10 Å². The van der Waals surface area contributed by atoms with Crippen molar-refractivity contribution in [2.45, 2.75) is 39.7 Å². The van der Waals surface area contributed by atoms with E-state index in [9.17, 15) is 5.11 Å². The van der Waals surface area contributed by atoms with E-state index in [1.807, 2.05) is 6.92 Å². The second-order valence-electron chi connectivity index (χ2n) is 4.58. The molecule has 4 heteroatoms. The summed E-state index contributed by atoms with van der Waals surface area (Å²) in [5.41, 5.74) is 3.59. The SMILES string of the molecule is CCC(O)c1noc(Cc2cc(C)ccc2C)n1. The van der Waals surface area contributed by atoms with E-state index in [2.05, 4.69) is 42.2 Å². The highest BCUT2D eigenvalue weighted by Crippen LogP contribution is 2.17. The number of rotatable bonds is 4. The topological polar surface area (TPSA) is 59.2 Å². The van der Waals surface area contributed by atoms with E-state index in [0.29, 0.717) is 24.6 Å². The number of aromatic nitrogens is 2. The molecule has 0 saturated carbocycles. The number of hydrogen-bond donors (Lipinski definition) is 1. The molecule has 4 nitrogen and oxygen atoms in total. The predicted molar refractivity (Wildman–Crippen MR) is 68.3 cm³/mol. The van der Waals surface area contributed by atoms with Gasteiger partial charge < -0.3 is 9.63 Å². The fourth-order valence-electron chi connectivity index (χ4n) is 1.81. The van der Waals surface area contributed by atoms with Gasteiger partial charge in [-0.1, -0.05) is 35.8 Å². The first-order valence-electron chi connectivity index (χ1n) is 6.16. The number of aliphatic hydroxyl groups is 1. The summed E-state index contributed by atoms with van der Waals surface area (Å²) in [5.74, 6) is 0.920. The Bertz CT molecular complexity index is 534. The van der Waals surface area contributed by atoms with Gasteiger partial charge in [0.1, 0.15) is 6.10 Å². The Balaban J connectivity index is 2.18. The third-order valence-electron chi connectivity index (χ3n) is 3.01. The minimum atomic E-state index is -0.638. The van der Waals surface area contributed by atoms with E-state index in [0.717, 1.165) is 0 Å². The fraction of sp³-hybridized carbons (Fsp3) is 0.429. The second-order valence-corrected chi connectivity index (χ2v) is 4.58. The molecule has 1 aromatic heterocycles. The highest BCUT2D eigenvalue weighted by molar-refractivity contribution is 5.32. The largest absolute Gasteiger partial charge is 0.385 e. The van der Waals surface area contributed by atoms with Crippen LogP contribution in [-0.4, -0.2) is 15.2 Å². The van der Waals surface area contributed by atoms with Crippen LogP contribution in [0, 0.1) is 13.8 Å². The molecule has 1 unspecified atom stereocenters. The lowest BCUT2D eigenvalue weighted by atomic mass is 10.0. The van der Waals surface area contributed by atoms with Crippen molar-refractivity contribution in [2.24, 2.45) is 0 Å². The molecule has 2 rings (SSSR count). The normalized spacial score (nSPS) is 12.7. The molecule has 18 heavy (non-hydrogen) atoms. The lowest BCUT2D eigenvalue weighted by molar-refractivity contribution is 0.159. The van der Waals surface area contributed by atoms with Crippen LogP contribution < -0.4 is 0 Å². The summed E-state index contributed by atoms with van der Waals surface area (Å²) in [5, 5.41) is 13.4. The first-order chi connectivity index (χ1) is 8.60. The van der Waals surface area contributed by atoms with Gasteiger partial charge in [0.2, 0.25) is 5.89 Å². The van der Waals surface area contributed by atoms with Gasteiger partial charge in [-0.2, -0.15) is 4.98 Å². The average Bonchev–Trinajstić information content (AvgIpc) is 2.81. The number of benzene rings is 1. The average molecular weight is 246 g/mol. The number of aryl methyl sites for hydroxylation is 2.